The van der Waals surface area contributed by atoms with E-state index in [2.05, 4.69) is 21.2 Å². The molecule has 2 N–H and O–H groups in total. The molecule has 1 amide bonds. The van der Waals surface area contributed by atoms with Gasteiger partial charge < -0.3 is 10.4 Å². The van der Waals surface area contributed by atoms with Gasteiger partial charge in [-0.05, 0) is 37.1 Å². The molecule has 0 radical (unpaired) electrons. The third kappa shape index (κ3) is 4.87. The van der Waals surface area contributed by atoms with Crippen molar-refractivity contribution in [3.05, 3.63) is 33.8 Å². The van der Waals surface area contributed by atoms with Crippen LogP contribution in [0.3, 0.4) is 0 Å². The van der Waals surface area contributed by atoms with Crippen LogP contribution in [0.4, 0.5) is 0 Å². The Labute approximate surface area is 115 Å². The Balaban J connectivity index is 2.56. The van der Waals surface area contributed by atoms with E-state index in [1.165, 1.54) is 0 Å². The largest absolute Gasteiger partial charge is 0.481 e. The van der Waals surface area contributed by atoms with E-state index in [0.29, 0.717) is 0 Å². The van der Waals surface area contributed by atoms with Crippen molar-refractivity contribution in [1.29, 1.82) is 0 Å². The van der Waals surface area contributed by atoms with Gasteiger partial charge in [0.1, 0.15) is 0 Å². The van der Waals surface area contributed by atoms with Gasteiger partial charge in [0.2, 0.25) is 5.91 Å². The lowest BCUT2D eigenvalue weighted by atomic mass is 10.1. The number of halogens is 1. The smallest absolute Gasteiger partial charge is 0.305 e. The van der Waals surface area contributed by atoms with Crippen LogP contribution in [-0.4, -0.2) is 23.0 Å². The molecular weight excluding hydrogens is 298 g/mol. The van der Waals surface area contributed by atoms with Gasteiger partial charge in [0.25, 0.3) is 0 Å². The van der Waals surface area contributed by atoms with Crippen LogP contribution < -0.4 is 5.32 Å². The number of benzene rings is 1. The number of rotatable bonds is 5. The summed E-state index contributed by atoms with van der Waals surface area (Å²) in [5.74, 6) is -1.07. The van der Waals surface area contributed by atoms with Gasteiger partial charge in [0, 0.05) is 10.5 Å². The minimum Gasteiger partial charge on any atom is -0.481 e. The second-order valence-electron chi connectivity index (χ2n) is 4.31. The summed E-state index contributed by atoms with van der Waals surface area (Å²) in [4.78, 5) is 22.2. The van der Waals surface area contributed by atoms with Crippen molar-refractivity contribution in [2.75, 3.05) is 0 Å². The summed E-state index contributed by atoms with van der Waals surface area (Å²) in [7, 11) is 0. The minimum absolute atomic E-state index is 0.0644. The lowest BCUT2D eigenvalue weighted by molar-refractivity contribution is -0.137. The third-order valence-electron chi connectivity index (χ3n) is 2.54. The topological polar surface area (TPSA) is 66.4 Å². The zero-order valence-corrected chi connectivity index (χ0v) is 12.0. The van der Waals surface area contributed by atoms with E-state index in [1.54, 1.807) is 6.92 Å². The van der Waals surface area contributed by atoms with Crippen LogP contribution in [0.1, 0.15) is 24.5 Å². The van der Waals surface area contributed by atoms with E-state index in [0.717, 1.165) is 15.6 Å². The van der Waals surface area contributed by atoms with Crippen LogP contribution in [0.2, 0.25) is 0 Å². The lowest BCUT2D eigenvalue weighted by Crippen LogP contribution is -2.35. The first-order chi connectivity index (χ1) is 8.38. The van der Waals surface area contributed by atoms with Gasteiger partial charge >= 0.3 is 5.97 Å². The number of carbonyl (C=O) groups is 2. The Morgan fingerprint density at radius 3 is 2.67 bits per heavy atom. The van der Waals surface area contributed by atoms with Crippen molar-refractivity contribution in [2.45, 2.75) is 32.7 Å². The van der Waals surface area contributed by atoms with Crippen LogP contribution in [-0.2, 0) is 16.0 Å². The first-order valence-electron chi connectivity index (χ1n) is 5.64. The molecular formula is C13H16BrNO3. The molecule has 0 spiro atoms. The van der Waals surface area contributed by atoms with Crippen molar-refractivity contribution in [1.82, 2.24) is 5.32 Å². The molecule has 0 bridgehead atoms. The molecule has 1 rings (SSSR count). The average Bonchev–Trinajstić information content (AvgIpc) is 2.20. The fourth-order valence-corrected chi connectivity index (χ4v) is 2.14. The molecule has 1 atom stereocenters. The summed E-state index contributed by atoms with van der Waals surface area (Å²) in [6.07, 6.45) is 0.203. The number of hydrogen-bond acceptors (Lipinski definition) is 2. The predicted molar refractivity (Wildman–Crippen MR) is 72.4 cm³/mol. The van der Waals surface area contributed by atoms with Gasteiger partial charge in [0.15, 0.2) is 0 Å². The van der Waals surface area contributed by atoms with Gasteiger partial charge in [-0.1, -0.05) is 22.0 Å². The molecule has 18 heavy (non-hydrogen) atoms. The average molecular weight is 314 g/mol. The highest BCUT2D eigenvalue weighted by atomic mass is 79.9. The third-order valence-corrected chi connectivity index (χ3v) is 3.04. The number of carboxylic acids is 1. The Hall–Kier alpha value is -1.36. The molecule has 1 aromatic rings. The number of amides is 1. The normalized spacial score (nSPS) is 11.9. The monoisotopic (exact) mass is 313 g/mol. The Bertz CT molecular complexity index is 460. The fraction of sp³-hybridized carbons (Fsp3) is 0.385. The number of carbonyl (C=O) groups excluding carboxylic acids is 1. The molecule has 1 unspecified atom stereocenters. The molecule has 0 aliphatic heterocycles. The Kier molecular flexibility index (Phi) is 5.34. The molecule has 0 aromatic heterocycles. The summed E-state index contributed by atoms with van der Waals surface area (Å²) in [5, 5.41) is 11.3. The molecule has 0 aliphatic rings. The van der Waals surface area contributed by atoms with Crippen LogP contribution in [0.25, 0.3) is 0 Å². The molecule has 0 aliphatic carbocycles. The van der Waals surface area contributed by atoms with Crippen molar-refractivity contribution in [3.63, 3.8) is 0 Å². The second-order valence-corrected chi connectivity index (χ2v) is 5.23. The maximum atomic E-state index is 11.7. The van der Waals surface area contributed by atoms with Crippen molar-refractivity contribution < 1.29 is 14.7 Å². The first kappa shape index (κ1) is 14.7. The standard InChI is InChI=1S/C13H16BrNO3/c1-8-5-11(14)4-3-10(8)7-12(16)15-9(2)6-13(17)18/h3-5,9H,6-7H2,1-2H3,(H,15,16)(H,17,18). The number of nitrogens with one attached hydrogen (secondary N) is 1. The number of aryl methyl sites for hydroxylation is 1. The summed E-state index contributed by atoms with van der Waals surface area (Å²) >= 11 is 3.36. The van der Waals surface area contributed by atoms with Crippen LogP contribution in [0.15, 0.2) is 22.7 Å². The number of hydrogen-bond donors (Lipinski definition) is 2. The highest BCUT2D eigenvalue weighted by molar-refractivity contribution is 9.10. The van der Waals surface area contributed by atoms with E-state index in [-0.39, 0.29) is 24.8 Å². The van der Waals surface area contributed by atoms with E-state index in [9.17, 15) is 9.59 Å². The minimum atomic E-state index is -0.914. The van der Waals surface area contributed by atoms with Gasteiger partial charge in [-0.15, -0.1) is 0 Å². The zero-order chi connectivity index (χ0) is 13.7. The predicted octanol–water partition coefficient (Wildman–Crippen LogP) is 2.28. The molecule has 5 heteroatoms. The summed E-state index contributed by atoms with van der Waals surface area (Å²) in [6, 6.07) is 5.37. The molecule has 0 fully saturated rings. The first-order valence-corrected chi connectivity index (χ1v) is 6.44. The Morgan fingerprint density at radius 1 is 1.44 bits per heavy atom. The van der Waals surface area contributed by atoms with Gasteiger partial charge in [0.05, 0.1) is 12.8 Å². The molecule has 98 valence electrons. The van der Waals surface area contributed by atoms with Crippen LogP contribution in [0, 0.1) is 6.92 Å². The molecule has 1 aromatic carbocycles. The highest BCUT2D eigenvalue weighted by Crippen LogP contribution is 2.16. The maximum absolute atomic E-state index is 11.7. The van der Waals surface area contributed by atoms with E-state index < -0.39 is 5.97 Å². The van der Waals surface area contributed by atoms with E-state index >= 15 is 0 Å². The van der Waals surface area contributed by atoms with Crippen LogP contribution >= 0.6 is 15.9 Å². The zero-order valence-electron chi connectivity index (χ0n) is 10.4. The van der Waals surface area contributed by atoms with E-state index in [1.807, 2.05) is 25.1 Å². The van der Waals surface area contributed by atoms with Gasteiger partial charge in [-0.3, -0.25) is 9.59 Å². The second kappa shape index (κ2) is 6.54. The SMILES string of the molecule is Cc1cc(Br)ccc1CC(=O)NC(C)CC(=O)O. The fourth-order valence-electron chi connectivity index (χ4n) is 1.67. The molecule has 0 saturated heterocycles. The molecule has 0 heterocycles. The van der Waals surface area contributed by atoms with Gasteiger partial charge in [-0.25, -0.2) is 0 Å². The van der Waals surface area contributed by atoms with E-state index in [4.69, 9.17) is 5.11 Å². The van der Waals surface area contributed by atoms with Crippen molar-refractivity contribution >= 4 is 27.8 Å². The summed E-state index contributed by atoms with van der Waals surface area (Å²) < 4.78 is 0.975. The van der Waals surface area contributed by atoms with Gasteiger partial charge in [-0.2, -0.15) is 0 Å². The lowest BCUT2D eigenvalue weighted by Gasteiger charge is -2.12. The highest BCUT2D eigenvalue weighted by Gasteiger charge is 2.12. The quantitative estimate of drug-likeness (QED) is 0.876. The summed E-state index contributed by atoms with van der Waals surface area (Å²) in [6.45, 7) is 3.62. The number of carboxylic acid groups (broad SMARTS) is 1. The van der Waals surface area contributed by atoms with Crippen LogP contribution in [0.5, 0.6) is 0 Å². The Morgan fingerprint density at radius 2 is 2.11 bits per heavy atom. The van der Waals surface area contributed by atoms with Crippen molar-refractivity contribution in [2.24, 2.45) is 0 Å². The summed E-state index contributed by atoms with van der Waals surface area (Å²) in [5.41, 5.74) is 1.98. The van der Waals surface area contributed by atoms with Crippen molar-refractivity contribution in [3.8, 4) is 0 Å². The molecule has 0 saturated carbocycles. The number of aliphatic carboxylic acids is 1. The maximum Gasteiger partial charge on any atom is 0.305 e. The molecule has 4 nitrogen and oxygen atoms in total.